The fourth-order valence-electron chi connectivity index (χ4n) is 4.05. The Kier molecular flexibility index (Phi) is 5.86. The minimum Gasteiger partial charge on any atom is -0.359 e. The van der Waals surface area contributed by atoms with Crippen LogP contribution in [0.3, 0.4) is 0 Å². The summed E-state index contributed by atoms with van der Waals surface area (Å²) in [5.41, 5.74) is 1.99. The van der Waals surface area contributed by atoms with Crippen LogP contribution in [0.25, 0.3) is 22.0 Å². The maximum absolute atomic E-state index is 5.58. The highest BCUT2D eigenvalue weighted by Gasteiger charge is 2.18. The number of hydrogen-bond acceptors (Lipinski definition) is 7. The first-order valence-electron chi connectivity index (χ1n) is 10.8. The minimum absolute atomic E-state index is 0.676. The van der Waals surface area contributed by atoms with Gasteiger partial charge < -0.3 is 14.7 Å². The summed E-state index contributed by atoms with van der Waals surface area (Å²) in [6, 6.07) is 18.5. The number of piperazine rings is 1. The van der Waals surface area contributed by atoms with E-state index in [9.17, 15) is 0 Å². The third kappa shape index (κ3) is 4.57. The highest BCUT2D eigenvalue weighted by atomic mass is 16.5. The second kappa shape index (κ2) is 9.24. The van der Waals surface area contributed by atoms with Gasteiger partial charge in [-0.3, -0.25) is 4.90 Å². The molecule has 1 aliphatic rings. The van der Waals surface area contributed by atoms with E-state index < -0.39 is 0 Å². The van der Waals surface area contributed by atoms with Gasteiger partial charge in [-0.25, -0.2) is 9.97 Å². The van der Waals surface area contributed by atoms with Gasteiger partial charge in [-0.05, 0) is 16.8 Å². The van der Waals surface area contributed by atoms with Gasteiger partial charge in [0.2, 0.25) is 5.95 Å². The van der Waals surface area contributed by atoms with Crippen molar-refractivity contribution in [2.24, 2.45) is 0 Å². The standard InChI is InChI=1S/C24H26N6O/c1-2-7-21-19(5-1)6-3-8-22(21)23-17-20(31-28-23)18-25-11-12-29-13-15-30(16-14-29)24-26-9-4-10-27-24/h1-10,17,25H,11-16,18H2. The van der Waals surface area contributed by atoms with Gasteiger partial charge >= 0.3 is 0 Å². The summed E-state index contributed by atoms with van der Waals surface area (Å²) >= 11 is 0. The zero-order chi connectivity index (χ0) is 20.9. The van der Waals surface area contributed by atoms with Crippen molar-refractivity contribution in [2.45, 2.75) is 6.54 Å². The molecule has 0 bridgehead atoms. The molecular weight excluding hydrogens is 388 g/mol. The molecule has 1 aliphatic heterocycles. The molecule has 0 spiro atoms. The number of aromatic nitrogens is 3. The molecule has 2 aromatic carbocycles. The fourth-order valence-corrected chi connectivity index (χ4v) is 4.05. The zero-order valence-corrected chi connectivity index (χ0v) is 17.4. The quantitative estimate of drug-likeness (QED) is 0.466. The van der Waals surface area contributed by atoms with E-state index in [2.05, 4.69) is 72.7 Å². The summed E-state index contributed by atoms with van der Waals surface area (Å²) in [4.78, 5) is 13.4. The molecule has 7 heteroatoms. The fraction of sp³-hybridized carbons (Fsp3) is 0.292. The molecule has 2 aromatic heterocycles. The summed E-state index contributed by atoms with van der Waals surface area (Å²) in [6.45, 7) is 6.55. The van der Waals surface area contributed by atoms with E-state index in [1.165, 1.54) is 10.8 Å². The minimum atomic E-state index is 0.676. The normalized spacial score (nSPS) is 14.9. The Morgan fingerprint density at radius 2 is 1.71 bits per heavy atom. The van der Waals surface area contributed by atoms with Gasteiger partial charge in [0.15, 0.2) is 5.76 Å². The van der Waals surface area contributed by atoms with Gasteiger partial charge in [-0.1, -0.05) is 47.6 Å². The Hall–Kier alpha value is -3.29. The van der Waals surface area contributed by atoms with Crippen LogP contribution >= 0.6 is 0 Å². The van der Waals surface area contributed by atoms with Gasteiger partial charge in [-0.15, -0.1) is 0 Å². The summed E-state index contributed by atoms with van der Waals surface area (Å²) < 4.78 is 5.58. The largest absolute Gasteiger partial charge is 0.359 e. The summed E-state index contributed by atoms with van der Waals surface area (Å²) in [5, 5.41) is 10.2. The van der Waals surface area contributed by atoms with Crippen molar-refractivity contribution < 1.29 is 4.52 Å². The number of benzene rings is 2. The average Bonchev–Trinajstić information content (AvgIpc) is 3.31. The maximum Gasteiger partial charge on any atom is 0.225 e. The lowest BCUT2D eigenvalue weighted by atomic mass is 10.0. The number of anilines is 1. The van der Waals surface area contributed by atoms with Crippen LogP contribution in [0.1, 0.15) is 5.76 Å². The van der Waals surface area contributed by atoms with Crippen LogP contribution in [-0.4, -0.2) is 59.3 Å². The third-order valence-corrected chi connectivity index (χ3v) is 5.74. The SMILES string of the molecule is c1cnc(N2CCN(CCNCc3cc(-c4cccc5ccccc45)no3)CC2)nc1. The molecule has 0 atom stereocenters. The van der Waals surface area contributed by atoms with Gasteiger partial charge in [0.05, 0.1) is 6.54 Å². The van der Waals surface area contributed by atoms with E-state index in [1.54, 1.807) is 12.4 Å². The van der Waals surface area contributed by atoms with Crippen LogP contribution < -0.4 is 10.2 Å². The Bertz CT molecular complexity index is 1120. The first-order chi connectivity index (χ1) is 15.4. The van der Waals surface area contributed by atoms with Crippen molar-refractivity contribution in [3.05, 3.63) is 72.8 Å². The molecule has 7 nitrogen and oxygen atoms in total. The Labute approximate surface area is 181 Å². The van der Waals surface area contributed by atoms with Crippen molar-refractivity contribution in [3.8, 4) is 11.3 Å². The van der Waals surface area contributed by atoms with E-state index in [0.29, 0.717) is 6.54 Å². The monoisotopic (exact) mass is 414 g/mol. The van der Waals surface area contributed by atoms with Crippen molar-refractivity contribution in [1.29, 1.82) is 0 Å². The molecule has 5 rings (SSSR count). The lowest BCUT2D eigenvalue weighted by molar-refractivity contribution is 0.254. The Morgan fingerprint density at radius 3 is 2.58 bits per heavy atom. The summed E-state index contributed by atoms with van der Waals surface area (Å²) in [6.07, 6.45) is 3.60. The van der Waals surface area contributed by atoms with Gasteiger partial charge in [0.25, 0.3) is 0 Å². The summed E-state index contributed by atoms with van der Waals surface area (Å²) in [5.74, 6) is 1.68. The second-order valence-corrected chi connectivity index (χ2v) is 7.76. The lowest BCUT2D eigenvalue weighted by Crippen LogP contribution is -2.48. The molecule has 1 saturated heterocycles. The van der Waals surface area contributed by atoms with E-state index in [4.69, 9.17) is 4.52 Å². The van der Waals surface area contributed by atoms with Crippen LogP contribution in [0.15, 0.2) is 71.5 Å². The number of hydrogen-bond donors (Lipinski definition) is 1. The van der Waals surface area contributed by atoms with Crippen LogP contribution in [0.2, 0.25) is 0 Å². The summed E-state index contributed by atoms with van der Waals surface area (Å²) in [7, 11) is 0. The van der Waals surface area contributed by atoms with Crippen LogP contribution in [0.4, 0.5) is 5.95 Å². The number of nitrogens with one attached hydrogen (secondary N) is 1. The van der Waals surface area contributed by atoms with Crippen molar-refractivity contribution in [3.63, 3.8) is 0 Å². The molecular formula is C24H26N6O. The third-order valence-electron chi connectivity index (χ3n) is 5.74. The van der Waals surface area contributed by atoms with Crippen molar-refractivity contribution >= 4 is 16.7 Å². The molecule has 1 fully saturated rings. The predicted octanol–water partition coefficient (Wildman–Crippen LogP) is 3.20. The van der Waals surface area contributed by atoms with E-state index in [1.807, 2.05) is 12.1 Å². The highest BCUT2D eigenvalue weighted by Crippen LogP contribution is 2.28. The lowest BCUT2D eigenvalue weighted by Gasteiger charge is -2.34. The van der Waals surface area contributed by atoms with Crippen LogP contribution in [0.5, 0.6) is 0 Å². The molecule has 158 valence electrons. The smallest absolute Gasteiger partial charge is 0.225 e. The molecule has 0 radical (unpaired) electrons. The average molecular weight is 415 g/mol. The van der Waals surface area contributed by atoms with E-state index in [-0.39, 0.29) is 0 Å². The van der Waals surface area contributed by atoms with Crippen molar-refractivity contribution in [2.75, 3.05) is 44.2 Å². The predicted molar refractivity (Wildman–Crippen MR) is 122 cm³/mol. The zero-order valence-electron chi connectivity index (χ0n) is 17.4. The van der Waals surface area contributed by atoms with Gasteiger partial charge in [0, 0.05) is 63.3 Å². The Balaban J connectivity index is 1.09. The molecule has 4 aromatic rings. The molecule has 3 heterocycles. The number of fused-ring (bicyclic) bond motifs is 1. The molecule has 0 saturated carbocycles. The first-order valence-corrected chi connectivity index (χ1v) is 10.8. The molecule has 0 amide bonds. The van der Waals surface area contributed by atoms with Gasteiger partial charge in [0.1, 0.15) is 5.69 Å². The topological polar surface area (TPSA) is 70.3 Å². The van der Waals surface area contributed by atoms with Crippen LogP contribution in [0, 0.1) is 0 Å². The van der Waals surface area contributed by atoms with E-state index in [0.717, 1.165) is 62.2 Å². The Morgan fingerprint density at radius 1 is 0.903 bits per heavy atom. The molecule has 1 N–H and O–H groups in total. The van der Waals surface area contributed by atoms with Crippen LogP contribution in [-0.2, 0) is 6.54 Å². The molecule has 0 unspecified atom stereocenters. The first kappa shape index (κ1) is 19.7. The van der Waals surface area contributed by atoms with Crippen molar-refractivity contribution in [1.82, 2.24) is 25.3 Å². The second-order valence-electron chi connectivity index (χ2n) is 7.76. The van der Waals surface area contributed by atoms with Gasteiger partial charge in [-0.2, -0.15) is 0 Å². The van der Waals surface area contributed by atoms with E-state index >= 15 is 0 Å². The molecule has 0 aliphatic carbocycles. The number of nitrogens with zero attached hydrogens (tertiary/aromatic N) is 5. The molecule has 31 heavy (non-hydrogen) atoms. The number of rotatable bonds is 7. The highest BCUT2D eigenvalue weighted by molar-refractivity contribution is 5.95. The maximum atomic E-state index is 5.58.